The van der Waals surface area contributed by atoms with Crippen molar-refractivity contribution in [2.24, 2.45) is 0 Å². The van der Waals surface area contributed by atoms with Crippen LogP contribution in [-0.2, 0) is 9.47 Å². The van der Waals surface area contributed by atoms with Gasteiger partial charge in [0, 0.05) is 0 Å². The fraction of sp³-hybridized carbons (Fsp3) is 0.533. The highest BCUT2D eigenvalue weighted by Gasteiger charge is 2.15. The van der Waals surface area contributed by atoms with Gasteiger partial charge in [-0.15, -0.1) is 0 Å². The molecular weight excluding hydrogens is 520 g/mol. The van der Waals surface area contributed by atoms with Crippen LogP contribution in [0.3, 0.4) is 0 Å². The summed E-state index contributed by atoms with van der Waals surface area (Å²) in [5.74, 6) is -4.90. The second-order valence-electron chi connectivity index (χ2n) is 9.95. The fourth-order valence-electron chi connectivity index (χ4n) is 4.27. The van der Waals surface area contributed by atoms with Crippen molar-refractivity contribution >= 4 is 11.9 Å². The van der Waals surface area contributed by atoms with Crippen LogP contribution in [0.2, 0.25) is 0 Å². The van der Waals surface area contributed by atoms with Crippen molar-refractivity contribution in [1.82, 2.24) is 0 Å². The number of benzene rings is 2. The molecule has 10 nitrogen and oxygen atoms in total. The van der Waals surface area contributed by atoms with Gasteiger partial charge in [-0.05, 0) is 37.1 Å². The molecule has 0 amide bonds. The highest BCUT2D eigenvalue weighted by atomic mass is 16.5. The molecule has 222 valence electrons. The van der Waals surface area contributed by atoms with Crippen LogP contribution >= 0.6 is 0 Å². The molecule has 0 fully saturated rings. The molecule has 0 saturated heterocycles. The summed E-state index contributed by atoms with van der Waals surface area (Å²) in [6.07, 6.45) is 15.1. The van der Waals surface area contributed by atoms with Crippen LogP contribution in [-0.4, -0.2) is 55.8 Å². The maximum Gasteiger partial charge on any atom is 0.338 e. The lowest BCUT2D eigenvalue weighted by atomic mass is 10.0. The predicted octanol–water partition coefficient (Wildman–Crippen LogP) is 6.40. The first kappa shape index (κ1) is 32.4. The van der Waals surface area contributed by atoms with Crippen molar-refractivity contribution in [1.29, 1.82) is 0 Å². The number of ether oxygens (including phenoxy) is 2. The van der Waals surface area contributed by atoms with E-state index >= 15 is 0 Å². The minimum absolute atomic E-state index is 0.00968. The molecule has 2 aromatic carbocycles. The maximum atomic E-state index is 12.0. The number of esters is 2. The molecule has 0 atom stereocenters. The van der Waals surface area contributed by atoms with E-state index in [0.717, 1.165) is 75.6 Å². The Morgan fingerprint density at radius 3 is 0.900 bits per heavy atom. The van der Waals surface area contributed by atoms with Crippen molar-refractivity contribution < 1.29 is 49.7 Å². The van der Waals surface area contributed by atoms with Gasteiger partial charge in [0.1, 0.15) is 0 Å². The Bertz CT molecular complexity index is 951. The number of aromatic hydroxyl groups is 6. The summed E-state index contributed by atoms with van der Waals surface area (Å²) in [6.45, 7) is 0.534. The lowest BCUT2D eigenvalue weighted by Crippen LogP contribution is -2.06. The summed E-state index contributed by atoms with van der Waals surface area (Å²) in [6, 6.07) is 4.24. The molecule has 10 heteroatoms. The molecule has 2 aromatic rings. The molecule has 0 saturated carbocycles. The monoisotopic (exact) mass is 562 g/mol. The van der Waals surface area contributed by atoms with E-state index in [2.05, 4.69) is 0 Å². The predicted molar refractivity (Wildman–Crippen MR) is 148 cm³/mol. The first-order valence-corrected chi connectivity index (χ1v) is 14.0. The van der Waals surface area contributed by atoms with Crippen LogP contribution in [0.4, 0.5) is 0 Å². The molecule has 2 rings (SSSR count). The molecule has 0 aromatic heterocycles. The smallest absolute Gasteiger partial charge is 0.338 e. The van der Waals surface area contributed by atoms with Gasteiger partial charge in [0.2, 0.25) is 0 Å². The molecule has 0 spiro atoms. The SMILES string of the molecule is O=C(OCCCCCCCCCCCCCCCCOC(=O)c1cc(O)c(O)c(O)c1)c1cc(O)c(O)c(O)c1. The molecule has 0 heterocycles. The molecule has 0 aliphatic carbocycles. The van der Waals surface area contributed by atoms with E-state index in [1.54, 1.807) is 0 Å². The van der Waals surface area contributed by atoms with Gasteiger partial charge in [0.05, 0.1) is 24.3 Å². The Balaban J connectivity index is 1.34. The summed E-state index contributed by atoms with van der Waals surface area (Å²) in [7, 11) is 0. The zero-order valence-electron chi connectivity index (χ0n) is 22.9. The number of rotatable bonds is 19. The van der Waals surface area contributed by atoms with Crippen LogP contribution in [0.1, 0.15) is 111 Å². The Morgan fingerprint density at radius 1 is 0.425 bits per heavy atom. The molecule has 0 unspecified atom stereocenters. The van der Waals surface area contributed by atoms with Gasteiger partial charge < -0.3 is 40.1 Å². The van der Waals surface area contributed by atoms with Gasteiger partial charge in [0.15, 0.2) is 34.5 Å². The molecule has 6 N–H and O–H groups in total. The van der Waals surface area contributed by atoms with E-state index in [0.29, 0.717) is 0 Å². The summed E-state index contributed by atoms with van der Waals surface area (Å²) < 4.78 is 10.3. The maximum absolute atomic E-state index is 12.0. The van der Waals surface area contributed by atoms with Gasteiger partial charge in [-0.2, -0.15) is 0 Å². The van der Waals surface area contributed by atoms with Crippen molar-refractivity contribution in [2.45, 2.75) is 89.9 Å². The number of phenols is 6. The average Bonchev–Trinajstić information content (AvgIpc) is 2.93. The van der Waals surface area contributed by atoms with Crippen LogP contribution < -0.4 is 0 Å². The summed E-state index contributed by atoms with van der Waals surface area (Å²) in [5.41, 5.74) is -0.0194. The lowest BCUT2D eigenvalue weighted by molar-refractivity contribution is 0.0487. The van der Waals surface area contributed by atoms with E-state index in [9.17, 15) is 40.2 Å². The average molecular weight is 563 g/mol. The number of phenolic OH excluding ortho intramolecular Hbond substituents is 6. The van der Waals surface area contributed by atoms with Gasteiger partial charge >= 0.3 is 11.9 Å². The van der Waals surface area contributed by atoms with E-state index in [1.165, 1.54) is 38.5 Å². The zero-order chi connectivity index (χ0) is 29.3. The minimum Gasteiger partial charge on any atom is -0.504 e. The van der Waals surface area contributed by atoms with E-state index in [-0.39, 0.29) is 24.3 Å². The molecule has 40 heavy (non-hydrogen) atoms. The number of carbonyl (C=O) groups is 2. The quantitative estimate of drug-likeness (QED) is 0.0639. The Hall–Kier alpha value is -3.82. The standard InChI is InChI=1S/C30H42O10/c31-23-17-21(18-24(32)27(23)35)29(37)39-15-13-11-9-7-5-3-1-2-4-6-8-10-12-14-16-40-30(38)22-19-25(33)28(36)26(34)20-22/h17-20,31-36H,1-16H2. The summed E-state index contributed by atoms with van der Waals surface area (Å²) in [5, 5.41) is 56.5. The van der Waals surface area contributed by atoms with E-state index in [4.69, 9.17) is 9.47 Å². The van der Waals surface area contributed by atoms with Gasteiger partial charge in [0.25, 0.3) is 0 Å². The Morgan fingerprint density at radius 2 is 0.650 bits per heavy atom. The van der Waals surface area contributed by atoms with Crippen molar-refractivity contribution in [3.05, 3.63) is 35.4 Å². The second-order valence-corrected chi connectivity index (χ2v) is 9.95. The number of unbranched alkanes of at least 4 members (excludes halogenated alkanes) is 13. The third-order valence-corrected chi connectivity index (χ3v) is 6.62. The van der Waals surface area contributed by atoms with Crippen LogP contribution in [0, 0.1) is 0 Å². The second kappa shape index (κ2) is 17.7. The topological polar surface area (TPSA) is 174 Å². The van der Waals surface area contributed by atoms with Gasteiger partial charge in [-0.25, -0.2) is 9.59 Å². The summed E-state index contributed by atoms with van der Waals surface area (Å²) >= 11 is 0. The molecular formula is C30H42O10. The fourth-order valence-corrected chi connectivity index (χ4v) is 4.27. The highest BCUT2D eigenvalue weighted by Crippen LogP contribution is 2.36. The summed E-state index contributed by atoms with van der Waals surface area (Å²) in [4.78, 5) is 23.9. The van der Waals surface area contributed by atoms with E-state index in [1.807, 2.05) is 0 Å². The molecule has 0 aliphatic rings. The van der Waals surface area contributed by atoms with Gasteiger partial charge in [-0.1, -0.05) is 77.0 Å². The van der Waals surface area contributed by atoms with Crippen molar-refractivity contribution in [3.63, 3.8) is 0 Å². The van der Waals surface area contributed by atoms with Crippen molar-refractivity contribution in [2.75, 3.05) is 13.2 Å². The number of hydrogen-bond donors (Lipinski definition) is 6. The minimum atomic E-state index is -0.664. The lowest BCUT2D eigenvalue weighted by Gasteiger charge is -2.07. The zero-order valence-corrected chi connectivity index (χ0v) is 22.9. The number of carbonyl (C=O) groups excluding carboxylic acids is 2. The first-order valence-electron chi connectivity index (χ1n) is 14.0. The van der Waals surface area contributed by atoms with Gasteiger partial charge in [-0.3, -0.25) is 0 Å². The Labute approximate surface area is 234 Å². The van der Waals surface area contributed by atoms with Crippen LogP contribution in [0.25, 0.3) is 0 Å². The molecule has 0 bridgehead atoms. The first-order chi connectivity index (χ1) is 19.2. The number of hydrogen-bond acceptors (Lipinski definition) is 10. The molecule has 0 radical (unpaired) electrons. The third kappa shape index (κ3) is 11.5. The molecule has 0 aliphatic heterocycles. The largest absolute Gasteiger partial charge is 0.504 e. The highest BCUT2D eigenvalue weighted by molar-refractivity contribution is 5.91. The normalized spacial score (nSPS) is 10.9. The Kier molecular flexibility index (Phi) is 14.3. The van der Waals surface area contributed by atoms with Crippen LogP contribution in [0.15, 0.2) is 24.3 Å². The van der Waals surface area contributed by atoms with Crippen molar-refractivity contribution in [3.8, 4) is 34.5 Å². The third-order valence-electron chi connectivity index (χ3n) is 6.62. The van der Waals surface area contributed by atoms with Crippen LogP contribution in [0.5, 0.6) is 34.5 Å². The van der Waals surface area contributed by atoms with E-state index < -0.39 is 46.4 Å².